The Morgan fingerprint density at radius 2 is 2.00 bits per heavy atom. The number of hydrogen-bond donors (Lipinski definition) is 2. The van der Waals surface area contributed by atoms with Gasteiger partial charge in [-0.1, -0.05) is 25.1 Å². The summed E-state index contributed by atoms with van der Waals surface area (Å²) in [7, 11) is 0. The van der Waals surface area contributed by atoms with Gasteiger partial charge in [-0.15, -0.1) is 0 Å². The van der Waals surface area contributed by atoms with Crippen LogP contribution in [0, 0.1) is 6.92 Å². The Hall–Kier alpha value is -3.06. The van der Waals surface area contributed by atoms with E-state index in [1.165, 1.54) is 17.8 Å². The van der Waals surface area contributed by atoms with Crippen LogP contribution in [0.25, 0.3) is 6.08 Å². The van der Waals surface area contributed by atoms with E-state index < -0.39 is 5.97 Å². The van der Waals surface area contributed by atoms with Gasteiger partial charge in [-0.2, -0.15) is 0 Å². The standard InChI is InChI=1S/C21H20N2O4S/c1-3-10-27-15-7-5-14(6-8-15)12-18-19(24)23-21(28-18)22-17-11-13(2)4-9-16(17)20(25)26/h4-9,11-12H,3,10H2,1-2H3,(H,25,26)(H,22,23,24)/b18-12-. The monoisotopic (exact) mass is 396 g/mol. The molecule has 1 aliphatic heterocycles. The minimum absolute atomic E-state index is 0.0908. The van der Waals surface area contributed by atoms with Gasteiger partial charge in [0.2, 0.25) is 0 Å². The van der Waals surface area contributed by atoms with Gasteiger partial charge >= 0.3 is 5.97 Å². The molecule has 2 N–H and O–H groups in total. The van der Waals surface area contributed by atoms with E-state index in [2.05, 4.69) is 10.3 Å². The van der Waals surface area contributed by atoms with Gasteiger partial charge in [-0.05, 0) is 66.6 Å². The highest BCUT2D eigenvalue weighted by Gasteiger charge is 2.24. The maximum absolute atomic E-state index is 12.3. The predicted octanol–water partition coefficient (Wildman–Crippen LogP) is 4.37. The maximum atomic E-state index is 12.3. The molecule has 1 fully saturated rings. The second-order valence-electron chi connectivity index (χ2n) is 6.22. The zero-order chi connectivity index (χ0) is 20.1. The lowest BCUT2D eigenvalue weighted by Crippen LogP contribution is -2.19. The number of benzene rings is 2. The van der Waals surface area contributed by atoms with Crippen molar-refractivity contribution >= 4 is 40.6 Å². The van der Waals surface area contributed by atoms with Crippen LogP contribution in [0.3, 0.4) is 0 Å². The number of thioether (sulfide) groups is 1. The van der Waals surface area contributed by atoms with Gasteiger partial charge < -0.3 is 15.2 Å². The third kappa shape index (κ3) is 4.80. The van der Waals surface area contributed by atoms with Gasteiger partial charge in [0.1, 0.15) is 5.75 Å². The van der Waals surface area contributed by atoms with Crippen molar-refractivity contribution in [3.8, 4) is 5.75 Å². The summed E-state index contributed by atoms with van der Waals surface area (Å²) < 4.78 is 5.55. The van der Waals surface area contributed by atoms with Crippen molar-refractivity contribution in [3.63, 3.8) is 0 Å². The maximum Gasteiger partial charge on any atom is 0.337 e. The summed E-state index contributed by atoms with van der Waals surface area (Å²) in [6.45, 7) is 4.56. The summed E-state index contributed by atoms with van der Waals surface area (Å²) in [5.74, 6) is -0.537. The molecule has 0 saturated carbocycles. The minimum atomic E-state index is -1.06. The number of carboxylic acid groups (broad SMARTS) is 1. The Bertz CT molecular complexity index is 965. The first-order valence-electron chi connectivity index (χ1n) is 8.82. The van der Waals surface area contributed by atoms with Crippen molar-refractivity contribution in [2.75, 3.05) is 6.61 Å². The summed E-state index contributed by atoms with van der Waals surface area (Å²) in [4.78, 5) is 28.5. The molecule has 0 bridgehead atoms. The molecule has 0 atom stereocenters. The molecule has 7 heteroatoms. The zero-order valence-corrected chi connectivity index (χ0v) is 16.4. The highest BCUT2D eigenvalue weighted by atomic mass is 32.2. The summed E-state index contributed by atoms with van der Waals surface area (Å²) in [5, 5.41) is 12.4. The van der Waals surface area contributed by atoms with Crippen molar-refractivity contribution in [2.24, 2.45) is 4.99 Å². The van der Waals surface area contributed by atoms with Crippen LogP contribution >= 0.6 is 11.8 Å². The van der Waals surface area contributed by atoms with E-state index >= 15 is 0 Å². The molecule has 3 rings (SSSR count). The molecule has 1 saturated heterocycles. The van der Waals surface area contributed by atoms with Crippen LogP contribution in [0.1, 0.15) is 34.8 Å². The lowest BCUT2D eigenvalue weighted by atomic mass is 10.1. The Morgan fingerprint density at radius 1 is 1.25 bits per heavy atom. The second kappa shape index (κ2) is 8.75. The first-order valence-corrected chi connectivity index (χ1v) is 9.64. The van der Waals surface area contributed by atoms with E-state index in [4.69, 9.17) is 4.74 Å². The van der Waals surface area contributed by atoms with Gasteiger partial charge in [0, 0.05) is 0 Å². The molecule has 2 aromatic rings. The van der Waals surface area contributed by atoms with Gasteiger partial charge in [0.25, 0.3) is 5.91 Å². The van der Waals surface area contributed by atoms with Gasteiger partial charge in [-0.3, -0.25) is 4.79 Å². The van der Waals surface area contributed by atoms with E-state index in [1.54, 1.807) is 18.2 Å². The summed E-state index contributed by atoms with van der Waals surface area (Å²) in [6.07, 6.45) is 2.70. The molecule has 0 radical (unpaired) electrons. The third-order valence-electron chi connectivity index (χ3n) is 3.91. The van der Waals surface area contributed by atoms with Crippen molar-refractivity contribution in [1.29, 1.82) is 0 Å². The van der Waals surface area contributed by atoms with Crippen molar-refractivity contribution in [3.05, 3.63) is 64.1 Å². The third-order valence-corrected chi connectivity index (χ3v) is 4.82. The smallest absolute Gasteiger partial charge is 0.337 e. The first-order chi connectivity index (χ1) is 13.5. The lowest BCUT2D eigenvalue weighted by molar-refractivity contribution is -0.115. The fraction of sp³-hybridized carbons (Fsp3) is 0.190. The molecular weight excluding hydrogens is 376 g/mol. The van der Waals surface area contributed by atoms with Crippen molar-refractivity contribution in [1.82, 2.24) is 5.32 Å². The molecule has 0 spiro atoms. The van der Waals surface area contributed by atoms with Crippen molar-refractivity contribution in [2.45, 2.75) is 20.3 Å². The fourth-order valence-corrected chi connectivity index (χ4v) is 3.37. The van der Waals surface area contributed by atoms with E-state index in [1.807, 2.05) is 38.1 Å². The number of nitrogens with one attached hydrogen (secondary N) is 1. The topological polar surface area (TPSA) is 88.0 Å². The second-order valence-corrected chi connectivity index (χ2v) is 7.26. The molecule has 2 aromatic carbocycles. The number of aromatic carboxylic acids is 1. The van der Waals surface area contributed by atoms with Crippen LogP contribution in [0.15, 0.2) is 52.4 Å². The number of ether oxygens (including phenoxy) is 1. The lowest BCUT2D eigenvalue weighted by Gasteiger charge is -2.04. The molecule has 0 aliphatic carbocycles. The molecule has 1 amide bonds. The summed E-state index contributed by atoms with van der Waals surface area (Å²) in [5.41, 5.74) is 2.16. The molecule has 1 aliphatic rings. The van der Waals surface area contributed by atoms with Crippen LogP contribution in [-0.2, 0) is 4.79 Å². The van der Waals surface area contributed by atoms with E-state index in [0.717, 1.165) is 23.3 Å². The summed E-state index contributed by atoms with van der Waals surface area (Å²) in [6, 6.07) is 12.4. The van der Waals surface area contributed by atoms with Gasteiger partial charge in [-0.25, -0.2) is 9.79 Å². The molecule has 0 unspecified atom stereocenters. The quantitative estimate of drug-likeness (QED) is 0.708. The van der Waals surface area contributed by atoms with Gasteiger partial charge in [0.15, 0.2) is 5.17 Å². The Kier molecular flexibility index (Phi) is 6.16. The number of aryl methyl sites for hydroxylation is 1. The van der Waals surface area contributed by atoms with Crippen LogP contribution in [-0.4, -0.2) is 28.8 Å². The first kappa shape index (κ1) is 19.7. The molecule has 6 nitrogen and oxygen atoms in total. The molecule has 28 heavy (non-hydrogen) atoms. The number of amidine groups is 1. The predicted molar refractivity (Wildman–Crippen MR) is 111 cm³/mol. The Morgan fingerprint density at radius 3 is 2.68 bits per heavy atom. The number of nitrogens with zero attached hydrogens (tertiary/aromatic N) is 1. The minimum Gasteiger partial charge on any atom is -0.494 e. The number of amides is 1. The zero-order valence-electron chi connectivity index (χ0n) is 15.6. The van der Waals surface area contributed by atoms with Crippen LogP contribution in [0.5, 0.6) is 5.75 Å². The normalized spacial score (nSPS) is 16.4. The molecular formula is C21H20N2O4S. The van der Waals surface area contributed by atoms with Gasteiger partial charge in [0.05, 0.1) is 22.8 Å². The van der Waals surface area contributed by atoms with Crippen LogP contribution in [0.2, 0.25) is 0 Å². The Balaban J connectivity index is 1.80. The average molecular weight is 396 g/mol. The number of carbonyl (C=O) groups is 2. The summed E-state index contributed by atoms with van der Waals surface area (Å²) >= 11 is 1.18. The Labute approximate surface area is 167 Å². The highest BCUT2D eigenvalue weighted by molar-refractivity contribution is 8.18. The molecule has 0 aromatic heterocycles. The number of carbonyl (C=O) groups excluding carboxylic acids is 1. The number of hydrogen-bond acceptors (Lipinski definition) is 5. The molecule has 144 valence electrons. The van der Waals surface area contributed by atoms with Crippen LogP contribution < -0.4 is 10.1 Å². The number of aliphatic imine (C=N–C) groups is 1. The fourth-order valence-electron chi connectivity index (χ4n) is 2.54. The number of rotatable bonds is 6. The van der Waals surface area contributed by atoms with Crippen molar-refractivity contribution < 1.29 is 19.4 Å². The SMILES string of the molecule is CCCOc1ccc(/C=C2\SC(=Nc3cc(C)ccc3C(=O)O)NC2=O)cc1. The number of carboxylic acids is 1. The largest absolute Gasteiger partial charge is 0.494 e. The van der Waals surface area contributed by atoms with Crippen LogP contribution in [0.4, 0.5) is 5.69 Å². The average Bonchev–Trinajstić information content (AvgIpc) is 3.00. The van der Waals surface area contributed by atoms with E-state index in [9.17, 15) is 14.7 Å². The highest BCUT2D eigenvalue weighted by Crippen LogP contribution is 2.30. The molecule has 1 heterocycles. The van der Waals surface area contributed by atoms with E-state index in [0.29, 0.717) is 22.4 Å². The van der Waals surface area contributed by atoms with E-state index in [-0.39, 0.29) is 11.5 Å².